The normalized spacial score (nSPS) is 14.6. The first-order valence-electron chi connectivity index (χ1n) is 4.97. The van der Waals surface area contributed by atoms with Gasteiger partial charge in [-0.25, -0.2) is 0 Å². The van der Waals surface area contributed by atoms with Crippen LogP contribution in [-0.4, -0.2) is 20.2 Å². The van der Waals surface area contributed by atoms with Gasteiger partial charge in [-0.3, -0.25) is 0 Å². The molecule has 0 amide bonds. The molecule has 1 aromatic carbocycles. The highest BCUT2D eigenvalue weighted by Crippen LogP contribution is 2.37. The number of ether oxygens (including phenoxy) is 1. The molecule has 0 saturated heterocycles. The standard InChI is InChI=1S/C11H16Cl2N2O/c1-6(14)11(15-2)7-4-5-8(16-3)10(13)9(7)12/h4-6,11,15H,14H2,1-3H3. The molecule has 0 aliphatic carbocycles. The Balaban J connectivity index is 3.20. The fourth-order valence-electron chi connectivity index (χ4n) is 1.65. The number of benzene rings is 1. The molecular formula is C11H16Cl2N2O. The molecule has 0 aromatic heterocycles. The molecule has 0 heterocycles. The number of nitrogens with one attached hydrogen (secondary N) is 1. The molecule has 2 atom stereocenters. The quantitative estimate of drug-likeness (QED) is 0.877. The second-order valence-electron chi connectivity index (χ2n) is 3.61. The summed E-state index contributed by atoms with van der Waals surface area (Å²) in [4.78, 5) is 0. The van der Waals surface area contributed by atoms with Crippen molar-refractivity contribution in [3.05, 3.63) is 27.7 Å². The summed E-state index contributed by atoms with van der Waals surface area (Å²) in [6, 6.07) is 3.57. The molecule has 0 bridgehead atoms. The number of methoxy groups -OCH3 is 1. The Morgan fingerprint density at radius 2 is 1.94 bits per heavy atom. The van der Waals surface area contributed by atoms with Gasteiger partial charge in [0.25, 0.3) is 0 Å². The van der Waals surface area contributed by atoms with Crippen LogP contribution in [0.15, 0.2) is 12.1 Å². The maximum absolute atomic E-state index is 6.19. The van der Waals surface area contributed by atoms with Crippen molar-refractivity contribution < 1.29 is 4.74 Å². The van der Waals surface area contributed by atoms with E-state index in [0.29, 0.717) is 15.8 Å². The fourth-order valence-corrected chi connectivity index (χ4v) is 2.17. The van der Waals surface area contributed by atoms with Crippen LogP contribution in [0.4, 0.5) is 0 Å². The van der Waals surface area contributed by atoms with Crippen molar-refractivity contribution in [2.24, 2.45) is 5.73 Å². The lowest BCUT2D eigenvalue weighted by atomic mass is 10.0. The SMILES string of the molecule is CNC(c1ccc(OC)c(Cl)c1Cl)C(C)N. The predicted molar refractivity (Wildman–Crippen MR) is 68.5 cm³/mol. The van der Waals surface area contributed by atoms with E-state index in [9.17, 15) is 0 Å². The molecule has 1 rings (SSSR count). The summed E-state index contributed by atoms with van der Waals surface area (Å²) in [5.41, 5.74) is 6.75. The van der Waals surface area contributed by atoms with Crippen LogP contribution in [0.3, 0.4) is 0 Å². The Labute approximate surface area is 106 Å². The van der Waals surface area contributed by atoms with Gasteiger partial charge in [0.1, 0.15) is 10.8 Å². The summed E-state index contributed by atoms with van der Waals surface area (Å²) < 4.78 is 5.09. The van der Waals surface area contributed by atoms with Gasteiger partial charge in [-0.05, 0) is 25.6 Å². The van der Waals surface area contributed by atoms with Crippen molar-refractivity contribution in [3.63, 3.8) is 0 Å². The summed E-state index contributed by atoms with van der Waals surface area (Å²) in [6.45, 7) is 1.91. The van der Waals surface area contributed by atoms with Crippen LogP contribution < -0.4 is 15.8 Å². The summed E-state index contributed by atoms with van der Waals surface area (Å²) in [6.07, 6.45) is 0. The summed E-state index contributed by atoms with van der Waals surface area (Å²) in [5, 5.41) is 4.02. The molecule has 0 aliphatic heterocycles. The molecule has 3 nitrogen and oxygen atoms in total. The van der Waals surface area contributed by atoms with Crippen LogP contribution in [0.25, 0.3) is 0 Å². The van der Waals surface area contributed by atoms with E-state index >= 15 is 0 Å². The number of nitrogens with two attached hydrogens (primary N) is 1. The molecule has 3 N–H and O–H groups in total. The van der Waals surface area contributed by atoms with Gasteiger partial charge in [0.15, 0.2) is 0 Å². The van der Waals surface area contributed by atoms with Crippen LogP contribution in [0.5, 0.6) is 5.75 Å². The second kappa shape index (κ2) is 5.73. The van der Waals surface area contributed by atoms with Crippen LogP contribution in [-0.2, 0) is 0 Å². The van der Waals surface area contributed by atoms with E-state index in [1.54, 1.807) is 13.2 Å². The van der Waals surface area contributed by atoms with Crippen molar-refractivity contribution in [1.29, 1.82) is 0 Å². The molecule has 0 fully saturated rings. The lowest BCUT2D eigenvalue weighted by Crippen LogP contribution is -2.33. The number of hydrogen-bond donors (Lipinski definition) is 2. The molecule has 90 valence electrons. The number of rotatable bonds is 4. The Hall–Kier alpha value is -0.480. The first-order valence-corrected chi connectivity index (χ1v) is 5.73. The van der Waals surface area contributed by atoms with E-state index < -0.39 is 0 Å². The molecule has 0 spiro atoms. The van der Waals surface area contributed by atoms with E-state index in [-0.39, 0.29) is 12.1 Å². The Morgan fingerprint density at radius 1 is 1.31 bits per heavy atom. The molecule has 0 saturated carbocycles. The minimum absolute atomic E-state index is 0.0316. The van der Waals surface area contributed by atoms with Crippen molar-refractivity contribution in [2.75, 3.05) is 14.2 Å². The molecule has 1 aromatic rings. The van der Waals surface area contributed by atoms with Gasteiger partial charge in [-0.2, -0.15) is 0 Å². The molecule has 5 heteroatoms. The molecular weight excluding hydrogens is 247 g/mol. The lowest BCUT2D eigenvalue weighted by molar-refractivity contribution is 0.414. The number of likely N-dealkylation sites (N-methyl/N-ethyl adjacent to an activating group) is 1. The van der Waals surface area contributed by atoms with Gasteiger partial charge in [0, 0.05) is 12.1 Å². The van der Waals surface area contributed by atoms with Crippen LogP contribution in [0.2, 0.25) is 10.0 Å². The predicted octanol–water partition coefficient (Wildman–Crippen LogP) is 2.61. The van der Waals surface area contributed by atoms with Gasteiger partial charge in [-0.15, -0.1) is 0 Å². The Morgan fingerprint density at radius 3 is 2.38 bits per heavy atom. The minimum atomic E-state index is -0.0630. The Kier molecular flexibility index (Phi) is 4.87. The van der Waals surface area contributed by atoms with Crippen molar-refractivity contribution >= 4 is 23.2 Å². The summed E-state index contributed by atoms with van der Waals surface area (Å²) in [5.74, 6) is 0.565. The smallest absolute Gasteiger partial charge is 0.139 e. The summed E-state index contributed by atoms with van der Waals surface area (Å²) in [7, 11) is 3.39. The topological polar surface area (TPSA) is 47.3 Å². The monoisotopic (exact) mass is 262 g/mol. The average Bonchev–Trinajstić information content (AvgIpc) is 2.25. The largest absolute Gasteiger partial charge is 0.495 e. The van der Waals surface area contributed by atoms with E-state index in [4.69, 9.17) is 33.7 Å². The lowest BCUT2D eigenvalue weighted by Gasteiger charge is -2.22. The maximum atomic E-state index is 6.19. The van der Waals surface area contributed by atoms with Crippen LogP contribution >= 0.6 is 23.2 Å². The van der Waals surface area contributed by atoms with Crippen molar-refractivity contribution in [3.8, 4) is 5.75 Å². The van der Waals surface area contributed by atoms with E-state index in [2.05, 4.69) is 5.32 Å². The van der Waals surface area contributed by atoms with Crippen LogP contribution in [0, 0.1) is 0 Å². The minimum Gasteiger partial charge on any atom is -0.495 e. The van der Waals surface area contributed by atoms with Crippen LogP contribution in [0.1, 0.15) is 18.5 Å². The molecule has 2 unspecified atom stereocenters. The average molecular weight is 263 g/mol. The third kappa shape index (κ3) is 2.61. The highest BCUT2D eigenvalue weighted by Gasteiger charge is 2.20. The third-order valence-electron chi connectivity index (χ3n) is 2.47. The second-order valence-corrected chi connectivity index (χ2v) is 4.37. The molecule has 0 radical (unpaired) electrons. The zero-order valence-corrected chi connectivity index (χ0v) is 11.1. The zero-order valence-electron chi connectivity index (χ0n) is 9.55. The molecule has 16 heavy (non-hydrogen) atoms. The third-order valence-corrected chi connectivity index (χ3v) is 3.35. The van der Waals surface area contributed by atoms with E-state index in [1.807, 2.05) is 20.0 Å². The maximum Gasteiger partial charge on any atom is 0.139 e. The van der Waals surface area contributed by atoms with Crippen molar-refractivity contribution in [1.82, 2.24) is 5.32 Å². The highest BCUT2D eigenvalue weighted by molar-refractivity contribution is 6.43. The summed E-state index contributed by atoms with van der Waals surface area (Å²) >= 11 is 12.3. The van der Waals surface area contributed by atoms with Gasteiger partial charge in [0.2, 0.25) is 0 Å². The first-order chi connectivity index (χ1) is 7.52. The van der Waals surface area contributed by atoms with Gasteiger partial charge >= 0.3 is 0 Å². The van der Waals surface area contributed by atoms with Gasteiger partial charge < -0.3 is 15.8 Å². The van der Waals surface area contributed by atoms with Gasteiger partial charge in [0.05, 0.1) is 12.1 Å². The van der Waals surface area contributed by atoms with E-state index in [1.165, 1.54) is 0 Å². The van der Waals surface area contributed by atoms with Gasteiger partial charge in [-0.1, -0.05) is 29.3 Å². The van der Waals surface area contributed by atoms with E-state index in [0.717, 1.165) is 5.56 Å². The Bertz CT molecular complexity index is 369. The number of halogens is 2. The fraction of sp³-hybridized carbons (Fsp3) is 0.455. The highest BCUT2D eigenvalue weighted by atomic mass is 35.5. The number of hydrogen-bond acceptors (Lipinski definition) is 3. The first kappa shape index (κ1) is 13.6. The zero-order chi connectivity index (χ0) is 12.3. The van der Waals surface area contributed by atoms with Crippen molar-refractivity contribution in [2.45, 2.75) is 19.0 Å². The molecule has 0 aliphatic rings.